The summed E-state index contributed by atoms with van der Waals surface area (Å²) in [6, 6.07) is 12.6. The zero-order chi connectivity index (χ0) is 15.6. The van der Waals surface area contributed by atoms with E-state index in [0.29, 0.717) is 16.8 Å². The minimum atomic E-state index is -3.62. The maximum Gasteiger partial charge on any atom is 0.241 e. The Morgan fingerprint density at radius 1 is 1.05 bits per heavy atom. The molecule has 2 aromatic rings. The summed E-state index contributed by atoms with van der Waals surface area (Å²) in [6.45, 7) is 5.32. The van der Waals surface area contributed by atoms with Gasteiger partial charge in [0.2, 0.25) is 10.0 Å². The molecule has 1 atom stereocenters. The number of hydrogen-bond donors (Lipinski definition) is 2. The molecule has 0 bridgehead atoms. The molecule has 0 saturated heterocycles. The third kappa shape index (κ3) is 3.25. The molecule has 0 radical (unpaired) electrons. The molecule has 2 rings (SSSR count). The van der Waals surface area contributed by atoms with Crippen LogP contribution in [-0.4, -0.2) is 8.42 Å². The molecule has 4 nitrogen and oxygen atoms in total. The molecule has 3 N–H and O–H groups in total. The fraction of sp³-hybridized carbons (Fsp3) is 0.250. The summed E-state index contributed by atoms with van der Waals surface area (Å²) >= 11 is 0. The monoisotopic (exact) mass is 304 g/mol. The summed E-state index contributed by atoms with van der Waals surface area (Å²) in [5, 5.41) is 0. The quantitative estimate of drug-likeness (QED) is 0.853. The van der Waals surface area contributed by atoms with Gasteiger partial charge in [-0.25, -0.2) is 13.1 Å². The summed E-state index contributed by atoms with van der Waals surface area (Å²) in [5.41, 5.74) is 8.51. The van der Waals surface area contributed by atoms with Gasteiger partial charge in [0.15, 0.2) is 0 Å². The van der Waals surface area contributed by atoms with Crippen molar-refractivity contribution in [2.24, 2.45) is 0 Å². The maximum absolute atomic E-state index is 12.6. The van der Waals surface area contributed by atoms with E-state index in [4.69, 9.17) is 5.73 Å². The molecule has 21 heavy (non-hydrogen) atoms. The number of benzene rings is 2. The number of anilines is 1. The van der Waals surface area contributed by atoms with Crippen molar-refractivity contribution in [1.82, 2.24) is 4.72 Å². The Bertz CT molecular complexity index is 740. The molecule has 0 aliphatic carbocycles. The van der Waals surface area contributed by atoms with Crippen LogP contribution in [0.5, 0.6) is 0 Å². The Hall–Kier alpha value is -1.85. The molecule has 2 aromatic carbocycles. The van der Waals surface area contributed by atoms with Crippen LogP contribution in [0.2, 0.25) is 0 Å². The Balaban J connectivity index is 2.38. The first-order chi connectivity index (χ1) is 9.83. The molecular weight excluding hydrogens is 284 g/mol. The predicted octanol–water partition coefficient (Wildman–Crippen LogP) is 2.93. The lowest BCUT2D eigenvalue weighted by Crippen LogP contribution is -2.28. The second kappa shape index (κ2) is 5.87. The largest absolute Gasteiger partial charge is 0.398 e. The van der Waals surface area contributed by atoms with E-state index in [0.717, 1.165) is 5.56 Å². The third-order valence-corrected chi connectivity index (χ3v) is 5.37. The zero-order valence-electron chi connectivity index (χ0n) is 12.4. The highest BCUT2D eigenvalue weighted by Crippen LogP contribution is 2.26. The van der Waals surface area contributed by atoms with Gasteiger partial charge >= 0.3 is 0 Å². The van der Waals surface area contributed by atoms with Gasteiger partial charge in [0.1, 0.15) is 0 Å². The molecule has 1 unspecified atom stereocenters. The van der Waals surface area contributed by atoms with Gasteiger partial charge in [-0.2, -0.15) is 0 Å². The average Bonchev–Trinajstić information content (AvgIpc) is 2.43. The molecule has 0 fully saturated rings. The first-order valence-corrected chi connectivity index (χ1v) is 8.24. The SMILES string of the molecule is Cc1ccc(N)c(C)c1S(=O)(=O)NC(C)c1ccccc1. The van der Waals surface area contributed by atoms with Gasteiger partial charge in [-0.05, 0) is 43.5 Å². The Kier molecular flexibility index (Phi) is 4.34. The van der Waals surface area contributed by atoms with Crippen LogP contribution in [-0.2, 0) is 10.0 Å². The average molecular weight is 304 g/mol. The van der Waals surface area contributed by atoms with Gasteiger partial charge in [-0.1, -0.05) is 36.4 Å². The highest BCUT2D eigenvalue weighted by Gasteiger charge is 2.23. The smallest absolute Gasteiger partial charge is 0.241 e. The van der Waals surface area contributed by atoms with Crippen LogP contribution in [0.15, 0.2) is 47.4 Å². The van der Waals surface area contributed by atoms with E-state index in [2.05, 4.69) is 4.72 Å². The number of nitrogens with one attached hydrogen (secondary N) is 1. The van der Waals surface area contributed by atoms with Crippen molar-refractivity contribution in [2.75, 3.05) is 5.73 Å². The minimum Gasteiger partial charge on any atom is -0.398 e. The summed E-state index contributed by atoms with van der Waals surface area (Å²) in [6.07, 6.45) is 0. The van der Waals surface area contributed by atoms with Crippen molar-refractivity contribution in [3.8, 4) is 0 Å². The molecule has 0 aromatic heterocycles. The van der Waals surface area contributed by atoms with Crippen molar-refractivity contribution >= 4 is 15.7 Å². The fourth-order valence-electron chi connectivity index (χ4n) is 2.36. The molecule has 112 valence electrons. The standard InChI is InChI=1S/C16H20N2O2S/c1-11-9-10-15(17)12(2)16(11)21(19,20)18-13(3)14-7-5-4-6-8-14/h4-10,13,18H,17H2,1-3H3. The predicted molar refractivity (Wildman–Crippen MR) is 85.5 cm³/mol. The van der Waals surface area contributed by atoms with Crippen LogP contribution in [0.25, 0.3) is 0 Å². The molecule has 5 heteroatoms. The van der Waals surface area contributed by atoms with Crippen LogP contribution >= 0.6 is 0 Å². The Morgan fingerprint density at radius 3 is 2.29 bits per heavy atom. The molecule has 0 saturated carbocycles. The second-order valence-corrected chi connectivity index (χ2v) is 6.83. The van der Waals surface area contributed by atoms with E-state index in [1.54, 1.807) is 26.0 Å². The van der Waals surface area contributed by atoms with Gasteiger partial charge < -0.3 is 5.73 Å². The molecule has 0 spiro atoms. The first kappa shape index (κ1) is 15.5. The van der Waals surface area contributed by atoms with E-state index in [1.807, 2.05) is 37.3 Å². The second-order valence-electron chi connectivity index (χ2n) is 5.18. The fourth-order valence-corrected chi connectivity index (χ4v) is 4.09. The summed E-state index contributed by atoms with van der Waals surface area (Å²) in [5.74, 6) is 0. The summed E-state index contributed by atoms with van der Waals surface area (Å²) in [4.78, 5) is 0.269. The molecule has 0 amide bonds. The molecule has 0 heterocycles. The van der Waals surface area contributed by atoms with Gasteiger partial charge in [0.05, 0.1) is 4.90 Å². The molecule has 0 aliphatic heterocycles. The van der Waals surface area contributed by atoms with E-state index in [1.165, 1.54) is 0 Å². The number of hydrogen-bond acceptors (Lipinski definition) is 3. The van der Waals surface area contributed by atoms with Crippen molar-refractivity contribution in [3.63, 3.8) is 0 Å². The zero-order valence-corrected chi connectivity index (χ0v) is 13.2. The van der Waals surface area contributed by atoms with Crippen LogP contribution in [0, 0.1) is 13.8 Å². The van der Waals surface area contributed by atoms with Crippen molar-refractivity contribution in [1.29, 1.82) is 0 Å². The Labute approximate surface area is 126 Å². The van der Waals surface area contributed by atoms with Crippen LogP contribution in [0.3, 0.4) is 0 Å². The lowest BCUT2D eigenvalue weighted by atomic mass is 10.1. The van der Waals surface area contributed by atoms with Crippen LogP contribution in [0.4, 0.5) is 5.69 Å². The normalized spacial score (nSPS) is 13.1. The highest BCUT2D eigenvalue weighted by molar-refractivity contribution is 7.89. The van der Waals surface area contributed by atoms with E-state index in [-0.39, 0.29) is 10.9 Å². The number of rotatable bonds is 4. The number of sulfonamides is 1. The Morgan fingerprint density at radius 2 is 1.67 bits per heavy atom. The topological polar surface area (TPSA) is 72.2 Å². The van der Waals surface area contributed by atoms with E-state index >= 15 is 0 Å². The number of nitrogen functional groups attached to an aromatic ring is 1. The minimum absolute atomic E-state index is 0.269. The number of nitrogens with two attached hydrogens (primary N) is 1. The maximum atomic E-state index is 12.6. The summed E-state index contributed by atoms with van der Waals surface area (Å²) < 4.78 is 28.0. The molecule has 0 aliphatic rings. The number of aryl methyl sites for hydroxylation is 1. The van der Waals surface area contributed by atoms with Crippen molar-refractivity contribution < 1.29 is 8.42 Å². The first-order valence-electron chi connectivity index (χ1n) is 6.76. The van der Waals surface area contributed by atoms with Gasteiger partial charge in [-0.15, -0.1) is 0 Å². The highest BCUT2D eigenvalue weighted by atomic mass is 32.2. The third-order valence-electron chi connectivity index (χ3n) is 3.54. The lowest BCUT2D eigenvalue weighted by molar-refractivity contribution is 0.565. The van der Waals surface area contributed by atoms with E-state index in [9.17, 15) is 8.42 Å². The van der Waals surface area contributed by atoms with Gasteiger partial charge in [0, 0.05) is 11.7 Å². The van der Waals surface area contributed by atoms with Crippen LogP contribution < -0.4 is 10.5 Å². The lowest BCUT2D eigenvalue weighted by Gasteiger charge is -2.18. The summed E-state index contributed by atoms with van der Waals surface area (Å²) in [7, 11) is -3.62. The van der Waals surface area contributed by atoms with Crippen molar-refractivity contribution in [2.45, 2.75) is 31.7 Å². The van der Waals surface area contributed by atoms with E-state index < -0.39 is 10.0 Å². The van der Waals surface area contributed by atoms with Gasteiger partial charge in [-0.3, -0.25) is 0 Å². The van der Waals surface area contributed by atoms with Crippen LogP contribution in [0.1, 0.15) is 29.7 Å². The van der Waals surface area contributed by atoms with Gasteiger partial charge in [0.25, 0.3) is 0 Å². The molecular formula is C16H20N2O2S. The van der Waals surface area contributed by atoms with Crippen molar-refractivity contribution in [3.05, 3.63) is 59.2 Å².